The Balaban J connectivity index is 1.39. The zero-order valence-corrected chi connectivity index (χ0v) is 20.4. The molecule has 0 bridgehead atoms. The average molecular weight is 465 g/mol. The molecule has 0 saturated carbocycles. The molecule has 0 spiro atoms. The molecule has 2 aromatic carbocycles. The zero-order chi connectivity index (χ0) is 24.5. The van der Waals surface area contributed by atoms with E-state index in [9.17, 15) is 4.79 Å². The maximum absolute atomic E-state index is 13.1. The van der Waals surface area contributed by atoms with E-state index in [0.717, 1.165) is 44.8 Å². The number of hydrogen-bond donors (Lipinski definition) is 1. The second-order valence-corrected chi connectivity index (χ2v) is 8.90. The quantitative estimate of drug-likeness (QED) is 0.374. The van der Waals surface area contributed by atoms with Crippen molar-refractivity contribution in [3.8, 4) is 11.1 Å². The highest BCUT2D eigenvalue weighted by atomic mass is 16.2. The molecule has 0 unspecified atom stereocenters. The number of aryl methyl sites for hydroxylation is 3. The maximum Gasteiger partial charge on any atom is 0.246 e. The summed E-state index contributed by atoms with van der Waals surface area (Å²) in [5.41, 5.74) is 8.52. The second-order valence-electron chi connectivity index (χ2n) is 8.90. The maximum atomic E-state index is 13.1. The highest BCUT2D eigenvalue weighted by Crippen LogP contribution is 2.30. The van der Waals surface area contributed by atoms with E-state index in [2.05, 4.69) is 63.8 Å². The highest BCUT2D eigenvalue weighted by Gasteiger charge is 2.18. The lowest BCUT2D eigenvalue weighted by molar-refractivity contribution is -0.116. The molecule has 3 heterocycles. The molecule has 5 rings (SSSR count). The molecular formula is C28H28N6O. The molecule has 5 aromatic rings. The van der Waals surface area contributed by atoms with Crippen LogP contribution in [0.3, 0.4) is 0 Å². The van der Waals surface area contributed by atoms with Crippen LogP contribution in [0.1, 0.15) is 28.2 Å². The van der Waals surface area contributed by atoms with Gasteiger partial charge in [-0.15, -0.1) is 0 Å². The third-order valence-electron chi connectivity index (χ3n) is 6.28. The van der Waals surface area contributed by atoms with Crippen LogP contribution in [-0.4, -0.2) is 30.5 Å². The van der Waals surface area contributed by atoms with Crippen molar-refractivity contribution in [2.24, 2.45) is 0 Å². The van der Waals surface area contributed by atoms with Crippen molar-refractivity contribution in [3.63, 3.8) is 0 Å². The summed E-state index contributed by atoms with van der Waals surface area (Å²) in [7, 11) is 0. The first kappa shape index (κ1) is 22.5. The number of anilines is 1. The van der Waals surface area contributed by atoms with E-state index in [0.29, 0.717) is 12.2 Å². The normalized spacial score (nSPS) is 11.2. The number of pyridine rings is 1. The average Bonchev–Trinajstić information content (AvgIpc) is 3.30. The van der Waals surface area contributed by atoms with Crippen LogP contribution in [0.15, 0.2) is 66.9 Å². The molecule has 0 aliphatic rings. The fraction of sp³-hybridized carbons (Fsp3) is 0.214. The van der Waals surface area contributed by atoms with Gasteiger partial charge in [0.05, 0.1) is 29.3 Å². The molecule has 0 aliphatic carbocycles. The standard InChI is InChI=1S/C28H28N6O/c1-18-10-12-23(13-11-18)24-14-15-29-28-26(24)19(2)31-34(28)17-25(35)30-27-20(3)32-33(21(27)4)16-22-8-6-5-7-9-22/h5-15H,16-17H2,1-4H3,(H,30,35). The highest BCUT2D eigenvalue weighted by molar-refractivity contribution is 5.96. The third-order valence-corrected chi connectivity index (χ3v) is 6.28. The van der Waals surface area contributed by atoms with E-state index < -0.39 is 0 Å². The SMILES string of the molecule is Cc1ccc(-c2ccnc3c2c(C)nn3CC(=O)Nc2c(C)nn(Cc3ccccc3)c2C)cc1. The summed E-state index contributed by atoms with van der Waals surface area (Å²) < 4.78 is 3.60. The van der Waals surface area contributed by atoms with Gasteiger partial charge in [-0.2, -0.15) is 10.2 Å². The molecular weight excluding hydrogens is 436 g/mol. The van der Waals surface area contributed by atoms with Crippen molar-refractivity contribution >= 4 is 22.6 Å². The largest absolute Gasteiger partial charge is 0.321 e. The van der Waals surface area contributed by atoms with E-state index in [1.54, 1.807) is 10.9 Å². The lowest BCUT2D eigenvalue weighted by atomic mass is 10.0. The fourth-order valence-electron chi connectivity index (χ4n) is 4.47. The predicted octanol–water partition coefficient (Wildman–Crippen LogP) is 5.22. The predicted molar refractivity (Wildman–Crippen MR) is 138 cm³/mol. The first-order valence-corrected chi connectivity index (χ1v) is 11.7. The second kappa shape index (κ2) is 9.18. The molecule has 7 heteroatoms. The Hall–Kier alpha value is -4.26. The lowest BCUT2D eigenvalue weighted by Gasteiger charge is -2.08. The summed E-state index contributed by atoms with van der Waals surface area (Å²) in [5, 5.41) is 13.3. The number of carbonyl (C=O) groups is 1. The van der Waals surface area contributed by atoms with Gasteiger partial charge in [0.15, 0.2) is 5.65 Å². The van der Waals surface area contributed by atoms with Gasteiger partial charge in [0, 0.05) is 11.6 Å². The number of rotatable bonds is 6. The first-order valence-electron chi connectivity index (χ1n) is 11.7. The fourth-order valence-corrected chi connectivity index (χ4v) is 4.47. The van der Waals surface area contributed by atoms with Crippen molar-refractivity contribution in [3.05, 3.63) is 95.1 Å². The van der Waals surface area contributed by atoms with Gasteiger partial charge in [-0.1, -0.05) is 60.2 Å². The number of nitrogens with one attached hydrogen (secondary N) is 1. The lowest BCUT2D eigenvalue weighted by Crippen LogP contribution is -2.20. The van der Waals surface area contributed by atoms with E-state index >= 15 is 0 Å². The number of fused-ring (bicyclic) bond motifs is 1. The van der Waals surface area contributed by atoms with Crippen molar-refractivity contribution in [1.29, 1.82) is 0 Å². The Morgan fingerprint density at radius 1 is 0.857 bits per heavy atom. The van der Waals surface area contributed by atoms with Crippen LogP contribution in [0.25, 0.3) is 22.2 Å². The summed E-state index contributed by atoms with van der Waals surface area (Å²) in [6, 6.07) is 20.6. The van der Waals surface area contributed by atoms with Gasteiger partial charge in [0.1, 0.15) is 6.54 Å². The van der Waals surface area contributed by atoms with Crippen molar-refractivity contribution in [2.75, 3.05) is 5.32 Å². The van der Waals surface area contributed by atoms with E-state index in [1.165, 1.54) is 5.56 Å². The van der Waals surface area contributed by atoms with Crippen LogP contribution >= 0.6 is 0 Å². The molecule has 7 nitrogen and oxygen atoms in total. The number of hydrogen-bond acceptors (Lipinski definition) is 4. The van der Waals surface area contributed by atoms with Gasteiger partial charge in [0.25, 0.3) is 0 Å². The molecule has 0 saturated heterocycles. The monoisotopic (exact) mass is 464 g/mol. The summed E-state index contributed by atoms with van der Waals surface area (Å²) in [4.78, 5) is 17.6. The van der Waals surface area contributed by atoms with Gasteiger partial charge in [0.2, 0.25) is 5.91 Å². The molecule has 1 N–H and O–H groups in total. The summed E-state index contributed by atoms with van der Waals surface area (Å²) in [6.45, 7) is 8.63. The minimum atomic E-state index is -0.164. The summed E-state index contributed by atoms with van der Waals surface area (Å²) in [6.07, 6.45) is 1.77. The minimum absolute atomic E-state index is 0.0669. The van der Waals surface area contributed by atoms with Crippen LogP contribution in [0.2, 0.25) is 0 Å². The van der Waals surface area contributed by atoms with E-state index in [1.807, 2.05) is 49.7 Å². The number of benzene rings is 2. The van der Waals surface area contributed by atoms with Crippen LogP contribution in [-0.2, 0) is 17.9 Å². The van der Waals surface area contributed by atoms with Gasteiger partial charge >= 0.3 is 0 Å². The first-order chi connectivity index (χ1) is 16.9. The Morgan fingerprint density at radius 2 is 1.57 bits per heavy atom. The summed E-state index contributed by atoms with van der Waals surface area (Å²) >= 11 is 0. The topological polar surface area (TPSA) is 77.6 Å². The van der Waals surface area contributed by atoms with Gasteiger partial charge < -0.3 is 5.32 Å². The Bertz CT molecular complexity index is 1510. The molecule has 0 radical (unpaired) electrons. The molecule has 3 aromatic heterocycles. The molecule has 35 heavy (non-hydrogen) atoms. The number of nitrogens with zero attached hydrogens (tertiary/aromatic N) is 5. The van der Waals surface area contributed by atoms with E-state index in [4.69, 9.17) is 0 Å². The Labute approximate surface area is 204 Å². The van der Waals surface area contributed by atoms with Crippen molar-refractivity contribution in [2.45, 2.75) is 40.8 Å². The Kier molecular flexibility index (Phi) is 5.91. The number of carbonyl (C=O) groups excluding carboxylic acids is 1. The molecule has 0 fully saturated rings. The smallest absolute Gasteiger partial charge is 0.246 e. The molecule has 1 amide bonds. The molecule has 176 valence electrons. The number of aromatic nitrogens is 5. The van der Waals surface area contributed by atoms with Crippen LogP contribution in [0, 0.1) is 27.7 Å². The van der Waals surface area contributed by atoms with E-state index in [-0.39, 0.29) is 12.5 Å². The van der Waals surface area contributed by atoms with Crippen molar-refractivity contribution < 1.29 is 4.79 Å². The van der Waals surface area contributed by atoms with Crippen LogP contribution in [0.4, 0.5) is 5.69 Å². The van der Waals surface area contributed by atoms with Gasteiger partial charge in [-0.3, -0.25) is 9.48 Å². The zero-order valence-electron chi connectivity index (χ0n) is 20.4. The number of amides is 1. The Morgan fingerprint density at radius 3 is 2.31 bits per heavy atom. The third kappa shape index (κ3) is 4.45. The summed E-state index contributed by atoms with van der Waals surface area (Å²) in [5.74, 6) is -0.164. The van der Waals surface area contributed by atoms with Gasteiger partial charge in [-0.05, 0) is 50.5 Å². The van der Waals surface area contributed by atoms with Crippen LogP contribution in [0.5, 0.6) is 0 Å². The van der Waals surface area contributed by atoms with Crippen LogP contribution < -0.4 is 5.32 Å². The van der Waals surface area contributed by atoms with Gasteiger partial charge in [-0.25, -0.2) is 9.67 Å². The van der Waals surface area contributed by atoms with Crippen molar-refractivity contribution in [1.82, 2.24) is 24.5 Å². The minimum Gasteiger partial charge on any atom is -0.321 e. The molecule has 0 atom stereocenters. The molecule has 0 aliphatic heterocycles.